The average Bonchev–Trinajstić information content (AvgIpc) is 2.43. The van der Waals surface area contributed by atoms with Crippen LogP contribution < -0.4 is 0 Å². The molecule has 0 saturated heterocycles. The smallest absolute Gasteiger partial charge is 0.312 e. The molecule has 1 aromatic rings. The van der Waals surface area contributed by atoms with Crippen molar-refractivity contribution in [1.82, 2.24) is 9.78 Å². The predicted octanol–water partition coefficient (Wildman–Crippen LogP) is 1.17. The Kier molecular flexibility index (Phi) is 2.06. The Bertz CT molecular complexity index is 370. The van der Waals surface area contributed by atoms with Crippen molar-refractivity contribution in [2.75, 3.05) is 0 Å². The van der Waals surface area contributed by atoms with Crippen LogP contribution in [-0.4, -0.2) is 20.9 Å². The van der Waals surface area contributed by atoms with Gasteiger partial charge in [-0.15, -0.1) is 0 Å². The quantitative estimate of drug-likeness (QED) is 0.730. The molecule has 0 aromatic carbocycles. The molecule has 2 atom stereocenters. The minimum absolute atomic E-state index is 0.190. The van der Waals surface area contributed by atoms with Gasteiger partial charge in [-0.05, 0) is 24.3 Å². The molecule has 1 aromatic heterocycles. The highest BCUT2D eigenvalue weighted by Crippen LogP contribution is 2.34. The lowest BCUT2D eigenvalue weighted by molar-refractivity contribution is -0.140. The number of carboxylic acids is 1. The fourth-order valence-electron chi connectivity index (χ4n) is 2.19. The van der Waals surface area contributed by atoms with E-state index in [0.29, 0.717) is 0 Å². The zero-order valence-electron chi connectivity index (χ0n) is 8.40. The van der Waals surface area contributed by atoms with Crippen LogP contribution in [0.25, 0.3) is 0 Å². The number of nitrogens with zero attached hydrogens (tertiary/aromatic N) is 2. The standard InChI is InChI=1S/C10H14N2O2/c1-6-3-4-7-5-12(2)11-9(7)8(6)10(13)14/h5-6,8H,3-4H2,1-2H3,(H,13,14). The molecule has 1 N–H and O–H groups in total. The van der Waals surface area contributed by atoms with Crippen LogP contribution in [0.1, 0.15) is 30.5 Å². The SMILES string of the molecule is CC1CCc2cn(C)nc2C1C(=O)O. The molecule has 1 heterocycles. The number of aryl methyl sites for hydroxylation is 2. The molecule has 0 saturated carbocycles. The third-order valence-electron chi connectivity index (χ3n) is 2.94. The molecule has 0 bridgehead atoms. The molecular formula is C10H14N2O2. The van der Waals surface area contributed by atoms with Gasteiger partial charge >= 0.3 is 5.97 Å². The number of carbonyl (C=O) groups is 1. The zero-order valence-corrected chi connectivity index (χ0v) is 8.40. The number of rotatable bonds is 1. The molecular weight excluding hydrogens is 180 g/mol. The third kappa shape index (κ3) is 1.31. The molecule has 2 unspecified atom stereocenters. The van der Waals surface area contributed by atoms with Crippen molar-refractivity contribution >= 4 is 5.97 Å². The summed E-state index contributed by atoms with van der Waals surface area (Å²) in [5.74, 6) is -0.980. The molecule has 4 heteroatoms. The molecule has 76 valence electrons. The summed E-state index contributed by atoms with van der Waals surface area (Å²) < 4.78 is 1.71. The Morgan fingerprint density at radius 1 is 1.71 bits per heavy atom. The second-order valence-electron chi connectivity index (χ2n) is 4.05. The van der Waals surface area contributed by atoms with E-state index in [1.807, 2.05) is 20.2 Å². The zero-order chi connectivity index (χ0) is 10.3. The van der Waals surface area contributed by atoms with Gasteiger partial charge in [0.25, 0.3) is 0 Å². The molecule has 14 heavy (non-hydrogen) atoms. The van der Waals surface area contributed by atoms with E-state index >= 15 is 0 Å². The van der Waals surface area contributed by atoms with Crippen molar-refractivity contribution in [3.63, 3.8) is 0 Å². The summed E-state index contributed by atoms with van der Waals surface area (Å²) >= 11 is 0. The van der Waals surface area contributed by atoms with Crippen LogP contribution in [0, 0.1) is 5.92 Å². The third-order valence-corrected chi connectivity index (χ3v) is 2.94. The van der Waals surface area contributed by atoms with E-state index in [9.17, 15) is 4.79 Å². The Labute approximate surface area is 82.5 Å². The number of carboxylic acid groups (broad SMARTS) is 1. The lowest BCUT2D eigenvalue weighted by Gasteiger charge is -2.24. The maximum atomic E-state index is 11.1. The normalized spacial score (nSPS) is 25.9. The first-order valence-corrected chi connectivity index (χ1v) is 4.85. The van der Waals surface area contributed by atoms with E-state index in [-0.39, 0.29) is 5.92 Å². The topological polar surface area (TPSA) is 55.1 Å². The van der Waals surface area contributed by atoms with Gasteiger partial charge in [0.1, 0.15) is 5.92 Å². The van der Waals surface area contributed by atoms with E-state index < -0.39 is 11.9 Å². The fourth-order valence-corrected chi connectivity index (χ4v) is 2.19. The number of aromatic nitrogens is 2. The van der Waals surface area contributed by atoms with Crippen molar-refractivity contribution in [1.29, 1.82) is 0 Å². The Balaban J connectivity index is 2.45. The predicted molar refractivity (Wildman–Crippen MR) is 51.1 cm³/mol. The minimum Gasteiger partial charge on any atom is -0.481 e. The molecule has 1 aliphatic carbocycles. The monoisotopic (exact) mass is 194 g/mol. The first-order chi connectivity index (χ1) is 6.59. The van der Waals surface area contributed by atoms with Gasteiger partial charge in [-0.1, -0.05) is 6.92 Å². The van der Waals surface area contributed by atoms with Gasteiger partial charge in [-0.3, -0.25) is 9.48 Å². The van der Waals surface area contributed by atoms with Gasteiger partial charge < -0.3 is 5.11 Å². The summed E-state index contributed by atoms with van der Waals surface area (Å²) in [5.41, 5.74) is 1.86. The average molecular weight is 194 g/mol. The van der Waals surface area contributed by atoms with E-state index in [1.165, 1.54) is 0 Å². The second-order valence-corrected chi connectivity index (χ2v) is 4.05. The van der Waals surface area contributed by atoms with Gasteiger partial charge in [-0.2, -0.15) is 5.10 Å². The maximum Gasteiger partial charge on any atom is 0.312 e. The van der Waals surface area contributed by atoms with E-state index in [4.69, 9.17) is 5.11 Å². The molecule has 0 fully saturated rings. The van der Waals surface area contributed by atoms with Crippen molar-refractivity contribution in [3.05, 3.63) is 17.5 Å². The van der Waals surface area contributed by atoms with E-state index in [0.717, 1.165) is 24.1 Å². The minimum atomic E-state index is -0.753. The van der Waals surface area contributed by atoms with Crippen molar-refractivity contribution < 1.29 is 9.90 Å². The lowest BCUT2D eigenvalue weighted by Crippen LogP contribution is -2.25. The largest absolute Gasteiger partial charge is 0.481 e. The van der Waals surface area contributed by atoms with Crippen LogP contribution in [0.4, 0.5) is 0 Å². The van der Waals surface area contributed by atoms with Gasteiger partial charge in [0.05, 0.1) is 5.69 Å². The summed E-state index contributed by atoms with van der Waals surface area (Å²) in [4.78, 5) is 11.1. The molecule has 2 rings (SSSR count). The van der Waals surface area contributed by atoms with Crippen LogP contribution in [0.5, 0.6) is 0 Å². The van der Waals surface area contributed by atoms with Crippen molar-refractivity contribution in [2.45, 2.75) is 25.7 Å². The van der Waals surface area contributed by atoms with E-state index in [2.05, 4.69) is 5.10 Å². The Morgan fingerprint density at radius 2 is 2.43 bits per heavy atom. The van der Waals surface area contributed by atoms with Crippen LogP contribution in [0.15, 0.2) is 6.20 Å². The van der Waals surface area contributed by atoms with Crippen molar-refractivity contribution in [3.8, 4) is 0 Å². The molecule has 0 spiro atoms. The summed E-state index contributed by atoms with van der Waals surface area (Å²) in [6.45, 7) is 1.98. The molecule has 4 nitrogen and oxygen atoms in total. The van der Waals surface area contributed by atoms with Gasteiger partial charge in [0.15, 0.2) is 0 Å². The lowest BCUT2D eigenvalue weighted by atomic mass is 9.80. The summed E-state index contributed by atoms with van der Waals surface area (Å²) in [6.07, 6.45) is 3.82. The molecule has 1 aliphatic rings. The van der Waals surface area contributed by atoms with Gasteiger partial charge in [0, 0.05) is 13.2 Å². The number of fused-ring (bicyclic) bond motifs is 1. The Morgan fingerprint density at radius 3 is 3.07 bits per heavy atom. The van der Waals surface area contributed by atoms with Crippen molar-refractivity contribution in [2.24, 2.45) is 13.0 Å². The van der Waals surface area contributed by atoms with Crippen LogP contribution >= 0.6 is 0 Å². The van der Waals surface area contributed by atoms with Gasteiger partial charge in [0.2, 0.25) is 0 Å². The molecule has 0 amide bonds. The molecule has 0 aliphatic heterocycles. The highest BCUT2D eigenvalue weighted by Gasteiger charge is 2.34. The summed E-state index contributed by atoms with van der Waals surface area (Å²) in [7, 11) is 1.84. The van der Waals surface area contributed by atoms with Crippen LogP contribution in [0.3, 0.4) is 0 Å². The Hall–Kier alpha value is -1.32. The molecule has 0 radical (unpaired) electrons. The number of hydrogen-bond acceptors (Lipinski definition) is 2. The van der Waals surface area contributed by atoms with Gasteiger partial charge in [-0.25, -0.2) is 0 Å². The second kappa shape index (κ2) is 3.12. The van der Waals surface area contributed by atoms with E-state index in [1.54, 1.807) is 4.68 Å². The fraction of sp³-hybridized carbons (Fsp3) is 0.600. The number of hydrogen-bond donors (Lipinski definition) is 1. The highest BCUT2D eigenvalue weighted by molar-refractivity contribution is 5.76. The first kappa shape index (κ1) is 9.24. The highest BCUT2D eigenvalue weighted by atomic mass is 16.4. The maximum absolute atomic E-state index is 11.1. The summed E-state index contributed by atoms with van der Waals surface area (Å²) in [6, 6.07) is 0. The number of aliphatic carboxylic acids is 1. The summed E-state index contributed by atoms with van der Waals surface area (Å²) in [5, 5.41) is 13.4. The first-order valence-electron chi connectivity index (χ1n) is 4.85. The van der Waals surface area contributed by atoms with Crippen LogP contribution in [-0.2, 0) is 18.3 Å². The van der Waals surface area contributed by atoms with Crippen LogP contribution in [0.2, 0.25) is 0 Å².